The van der Waals surface area contributed by atoms with Gasteiger partial charge in [0.15, 0.2) is 6.10 Å². The summed E-state index contributed by atoms with van der Waals surface area (Å²) in [6.07, 6.45) is 44.9. The van der Waals surface area contributed by atoms with E-state index in [-0.39, 0.29) is 18.5 Å². The van der Waals surface area contributed by atoms with Gasteiger partial charge < -0.3 is 14.2 Å². The van der Waals surface area contributed by atoms with Crippen LogP contribution in [0.5, 0.6) is 0 Å². The Morgan fingerprint density at radius 3 is 1.22 bits per heavy atom. The van der Waals surface area contributed by atoms with Crippen molar-refractivity contribution in [1.29, 1.82) is 0 Å². The van der Waals surface area contributed by atoms with Gasteiger partial charge in [0.05, 0.1) is 6.61 Å². The average molecular weight is 707 g/mol. The van der Waals surface area contributed by atoms with E-state index >= 15 is 0 Å². The van der Waals surface area contributed by atoms with Gasteiger partial charge in [-0.1, -0.05) is 193 Å². The molecule has 0 aliphatic carbocycles. The van der Waals surface area contributed by atoms with Crippen LogP contribution in [0.3, 0.4) is 0 Å². The molecule has 0 saturated heterocycles. The zero-order valence-electron chi connectivity index (χ0n) is 33.9. The molecule has 0 radical (unpaired) electrons. The van der Waals surface area contributed by atoms with E-state index in [9.17, 15) is 9.59 Å². The van der Waals surface area contributed by atoms with Crippen LogP contribution in [-0.4, -0.2) is 37.9 Å². The highest BCUT2D eigenvalue weighted by Gasteiger charge is 2.17. The Bertz CT molecular complexity index is 720. The van der Waals surface area contributed by atoms with E-state index in [1.165, 1.54) is 167 Å². The van der Waals surface area contributed by atoms with Crippen LogP contribution in [0.25, 0.3) is 0 Å². The molecule has 0 spiro atoms. The minimum atomic E-state index is -0.526. The molecule has 0 aromatic rings. The Kier molecular flexibility index (Phi) is 40.9. The van der Waals surface area contributed by atoms with Crippen molar-refractivity contribution in [2.24, 2.45) is 0 Å². The molecule has 50 heavy (non-hydrogen) atoms. The van der Waals surface area contributed by atoms with Crippen LogP contribution in [0.15, 0.2) is 12.2 Å². The summed E-state index contributed by atoms with van der Waals surface area (Å²) < 4.78 is 17.2. The van der Waals surface area contributed by atoms with Crippen LogP contribution < -0.4 is 0 Å². The maximum absolute atomic E-state index is 12.6. The van der Waals surface area contributed by atoms with Crippen LogP contribution in [0, 0.1) is 0 Å². The smallest absolute Gasteiger partial charge is 0.306 e. The summed E-state index contributed by atoms with van der Waals surface area (Å²) in [4.78, 5) is 25.1. The Morgan fingerprint density at radius 1 is 0.420 bits per heavy atom. The maximum Gasteiger partial charge on any atom is 0.306 e. The van der Waals surface area contributed by atoms with Crippen molar-refractivity contribution in [3.63, 3.8) is 0 Å². The third-order valence-corrected chi connectivity index (χ3v) is 9.80. The zero-order valence-corrected chi connectivity index (χ0v) is 33.9. The minimum Gasteiger partial charge on any atom is -0.462 e. The molecule has 0 amide bonds. The second kappa shape index (κ2) is 42.1. The van der Waals surface area contributed by atoms with Gasteiger partial charge in [0.1, 0.15) is 6.61 Å². The fourth-order valence-electron chi connectivity index (χ4n) is 6.45. The lowest BCUT2D eigenvalue weighted by Crippen LogP contribution is -2.30. The number of esters is 2. The largest absolute Gasteiger partial charge is 0.462 e. The molecule has 296 valence electrons. The standard InChI is InChI=1S/C45H86O5/c1-4-7-10-13-16-19-21-22-23-24-25-27-29-32-35-38-44(46)49-42-43(41-48-40-37-34-31-28-20-17-14-11-8-5-2)50-45(47)39-36-33-30-26-18-15-12-9-6-3/h22-23,43H,4-21,24-42H2,1-3H3/b23-22-. The Hall–Kier alpha value is -1.36. The lowest BCUT2D eigenvalue weighted by atomic mass is 10.1. The summed E-state index contributed by atoms with van der Waals surface area (Å²) in [5.74, 6) is -0.397. The average Bonchev–Trinajstić information content (AvgIpc) is 3.11. The van der Waals surface area contributed by atoms with Crippen molar-refractivity contribution in [2.45, 2.75) is 245 Å². The van der Waals surface area contributed by atoms with E-state index < -0.39 is 6.10 Å². The fraction of sp³-hybridized carbons (Fsp3) is 0.911. The van der Waals surface area contributed by atoms with E-state index in [2.05, 4.69) is 32.9 Å². The first kappa shape index (κ1) is 48.6. The number of unbranched alkanes of at least 4 members (excludes halogenated alkanes) is 28. The molecule has 5 heteroatoms. The molecule has 0 saturated carbocycles. The van der Waals surface area contributed by atoms with Crippen LogP contribution in [0.4, 0.5) is 0 Å². The summed E-state index contributed by atoms with van der Waals surface area (Å²) in [6, 6.07) is 0. The van der Waals surface area contributed by atoms with Crippen LogP contribution >= 0.6 is 0 Å². The summed E-state index contributed by atoms with van der Waals surface area (Å²) in [7, 11) is 0. The number of hydrogen-bond donors (Lipinski definition) is 0. The van der Waals surface area contributed by atoms with Gasteiger partial charge in [-0.15, -0.1) is 0 Å². The van der Waals surface area contributed by atoms with Gasteiger partial charge >= 0.3 is 11.9 Å². The van der Waals surface area contributed by atoms with E-state index in [0.717, 1.165) is 38.5 Å². The Balaban J connectivity index is 4.17. The molecule has 0 bridgehead atoms. The third kappa shape index (κ3) is 39.4. The predicted molar refractivity (Wildman–Crippen MR) is 215 cm³/mol. The molecule has 1 unspecified atom stereocenters. The summed E-state index contributed by atoms with van der Waals surface area (Å²) in [6.45, 7) is 7.82. The number of carbonyl (C=O) groups excluding carboxylic acids is 2. The normalized spacial score (nSPS) is 12.1. The third-order valence-electron chi connectivity index (χ3n) is 9.80. The van der Waals surface area contributed by atoms with Crippen LogP contribution in [-0.2, 0) is 23.8 Å². The van der Waals surface area contributed by atoms with Crippen LogP contribution in [0.2, 0.25) is 0 Å². The lowest BCUT2D eigenvalue weighted by molar-refractivity contribution is -0.163. The van der Waals surface area contributed by atoms with Gasteiger partial charge in [-0.2, -0.15) is 0 Å². The molecule has 5 nitrogen and oxygen atoms in total. The van der Waals surface area contributed by atoms with Gasteiger partial charge in [-0.25, -0.2) is 0 Å². The lowest BCUT2D eigenvalue weighted by Gasteiger charge is -2.18. The van der Waals surface area contributed by atoms with Crippen LogP contribution in [0.1, 0.15) is 239 Å². The van der Waals surface area contributed by atoms with Crippen molar-refractivity contribution in [2.75, 3.05) is 19.8 Å². The molecule has 0 heterocycles. The molecule has 0 N–H and O–H groups in total. The molecular weight excluding hydrogens is 620 g/mol. The molecule has 0 aromatic heterocycles. The second-order valence-electron chi connectivity index (χ2n) is 15.0. The van der Waals surface area contributed by atoms with Gasteiger partial charge in [0, 0.05) is 19.4 Å². The van der Waals surface area contributed by atoms with Crippen molar-refractivity contribution >= 4 is 11.9 Å². The molecule has 0 aliphatic rings. The fourth-order valence-corrected chi connectivity index (χ4v) is 6.45. The van der Waals surface area contributed by atoms with Crippen molar-refractivity contribution in [1.82, 2.24) is 0 Å². The topological polar surface area (TPSA) is 61.8 Å². The summed E-state index contributed by atoms with van der Waals surface area (Å²) in [5, 5.41) is 0. The first-order valence-corrected chi connectivity index (χ1v) is 22.2. The number of hydrogen-bond acceptors (Lipinski definition) is 5. The monoisotopic (exact) mass is 707 g/mol. The first-order chi connectivity index (χ1) is 24.6. The van der Waals surface area contributed by atoms with Gasteiger partial charge in [0.2, 0.25) is 0 Å². The Morgan fingerprint density at radius 2 is 0.780 bits per heavy atom. The summed E-state index contributed by atoms with van der Waals surface area (Å²) in [5.41, 5.74) is 0. The summed E-state index contributed by atoms with van der Waals surface area (Å²) >= 11 is 0. The van der Waals surface area contributed by atoms with Gasteiger partial charge in [-0.05, 0) is 44.9 Å². The molecule has 0 aromatic carbocycles. The second-order valence-corrected chi connectivity index (χ2v) is 15.0. The van der Waals surface area contributed by atoms with Crippen molar-refractivity contribution < 1.29 is 23.8 Å². The van der Waals surface area contributed by atoms with Gasteiger partial charge in [0.25, 0.3) is 0 Å². The highest BCUT2D eigenvalue weighted by Crippen LogP contribution is 2.14. The number of carbonyl (C=O) groups is 2. The predicted octanol–water partition coefficient (Wildman–Crippen LogP) is 14.3. The molecule has 0 fully saturated rings. The zero-order chi connectivity index (χ0) is 36.4. The number of rotatable bonds is 41. The minimum absolute atomic E-state index is 0.0887. The molecule has 1 atom stereocenters. The SMILES string of the molecule is CCCCCCCC/C=C\CCCCCCCC(=O)OCC(COCCCCCCCCCCCC)OC(=O)CCCCCCCCCCC. The highest BCUT2D eigenvalue weighted by atomic mass is 16.6. The van der Waals surface area contributed by atoms with Crippen molar-refractivity contribution in [3.8, 4) is 0 Å². The van der Waals surface area contributed by atoms with E-state index in [1.54, 1.807) is 0 Å². The van der Waals surface area contributed by atoms with Gasteiger partial charge in [-0.3, -0.25) is 9.59 Å². The maximum atomic E-state index is 12.6. The molecular formula is C45H86O5. The number of allylic oxidation sites excluding steroid dienone is 2. The molecule has 0 rings (SSSR count). The van der Waals surface area contributed by atoms with E-state index in [4.69, 9.17) is 14.2 Å². The Labute approximate surface area is 312 Å². The van der Waals surface area contributed by atoms with Crippen molar-refractivity contribution in [3.05, 3.63) is 12.2 Å². The first-order valence-electron chi connectivity index (χ1n) is 22.2. The van der Waals surface area contributed by atoms with E-state index in [1.807, 2.05) is 0 Å². The highest BCUT2D eigenvalue weighted by molar-refractivity contribution is 5.70. The molecule has 0 aliphatic heterocycles. The number of ether oxygens (including phenoxy) is 3. The van der Waals surface area contributed by atoms with E-state index in [0.29, 0.717) is 26.1 Å². The quantitative estimate of drug-likeness (QED) is 0.0360.